The molecule has 2 aromatic rings. The molecule has 0 saturated carbocycles. The first-order valence-electron chi connectivity index (χ1n) is 9.64. The predicted octanol–water partition coefficient (Wildman–Crippen LogP) is 1.50. The quantitative estimate of drug-likeness (QED) is 0.660. The van der Waals surface area contributed by atoms with Crippen molar-refractivity contribution in [3.05, 3.63) is 54.6 Å². The number of hydrogen-bond acceptors (Lipinski definition) is 6. The van der Waals surface area contributed by atoms with Gasteiger partial charge in [0.25, 0.3) is 0 Å². The molecule has 1 fully saturated rings. The van der Waals surface area contributed by atoms with Crippen molar-refractivity contribution in [1.29, 1.82) is 0 Å². The van der Waals surface area contributed by atoms with Crippen LogP contribution in [0, 0.1) is 0 Å². The summed E-state index contributed by atoms with van der Waals surface area (Å²) in [5.41, 5.74) is 0.735. The Kier molecular flexibility index (Phi) is 6.99. The summed E-state index contributed by atoms with van der Waals surface area (Å²) in [5.74, 6) is -0.543. The van der Waals surface area contributed by atoms with Crippen molar-refractivity contribution in [3.63, 3.8) is 0 Å². The Bertz CT molecular complexity index is 1110. The summed E-state index contributed by atoms with van der Waals surface area (Å²) in [6.45, 7) is 2.77. The molecule has 1 heterocycles. The number of carbonyl (C=O) groups is 1. The Balaban J connectivity index is 1.75. The van der Waals surface area contributed by atoms with Gasteiger partial charge >= 0.3 is 0 Å². The van der Waals surface area contributed by atoms with Crippen molar-refractivity contribution in [2.45, 2.75) is 17.9 Å². The minimum absolute atomic E-state index is 0.113. The van der Waals surface area contributed by atoms with Gasteiger partial charge < -0.3 is 10.1 Å². The molecule has 1 aliphatic heterocycles. The van der Waals surface area contributed by atoms with E-state index in [1.165, 1.54) is 35.5 Å². The molecule has 31 heavy (non-hydrogen) atoms. The molecule has 1 atom stereocenters. The summed E-state index contributed by atoms with van der Waals surface area (Å²) in [7, 11) is -7.35. The van der Waals surface area contributed by atoms with Gasteiger partial charge in [-0.3, -0.25) is 9.10 Å². The van der Waals surface area contributed by atoms with Gasteiger partial charge in [-0.25, -0.2) is 16.8 Å². The van der Waals surface area contributed by atoms with Crippen molar-refractivity contribution in [1.82, 2.24) is 4.31 Å². The van der Waals surface area contributed by atoms with E-state index >= 15 is 0 Å². The zero-order valence-electron chi connectivity index (χ0n) is 17.3. The number of ether oxygens (including phenoxy) is 1. The highest BCUT2D eigenvalue weighted by atomic mass is 32.2. The molecule has 1 amide bonds. The molecule has 0 aliphatic carbocycles. The van der Waals surface area contributed by atoms with Gasteiger partial charge in [0.05, 0.1) is 30.1 Å². The topological polar surface area (TPSA) is 113 Å². The Morgan fingerprint density at radius 3 is 2.13 bits per heavy atom. The third kappa shape index (κ3) is 5.42. The van der Waals surface area contributed by atoms with Gasteiger partial charge in [-0.05, 0) is 43.3 Å². The smallest absolute Gasteiger partial charge is 0.247 e. The molecule has 9 nitrogen and oxygen atoms in total. The molecule has 1 aliphatic rings. The van der Waals surface area contributed by atoms with Crippen LogP contribution in [0.3, 0.4) is 0 Å². The van der Waals surface area contributed by atoms with Crippen LogP contribution in [0.4, 0.5) is 11.4 Å². The number of sulfonamides is 2. The monoisotopic (exact) mass is 467 g/mol. The SMILES string of the molecule is C[C@@H](C(=O)Nc1ccc(S(=O)(=O)N2CCOCC2)cc1)N(c1ccccc1)S(C)(=O)=O. The van der Waals surface area contributed by atoms with E-state index in [1.54, 1.807) is 30.3 Å². The fourth-order valence-corrected chi connectivity index (χ4v) is 5.86. The molecule has 1 N–H and O–H groups in total. The van der Waals surface area contributed by atoms with Crippen molar-refractivity contribution < 1.29 is 26.4 Å². The predicted molar refractivity (Wildman–Crippen MR) is 118 cm³/mol. The van der Waals surface area contributed by atoms with Crippen LogP contribution in [0.25, 0.3) is 0 Å². The molecular formula is C20H25N3O6S2. The van der Waals surface area contributed by atoms with Crippen molar-refractivity contribution in [2.24, 2.45) is 0 Å². The van der Waals surface area contributed by atoms with Crippen LogP contribution >= 0.6 is 0 Å². The number of morpholine rings is 1. The average molecular weight is 468 g/mol. The Morgan fingerprint density at radius 2 is 1.58 bits per heavy atom. The highest BCUT2D eigenvalue weighted by Gasteiger charge is 2.29. The van der Waals surface area contributed by atoms with Crippen LogP contribution in [0.5, 0.6) is 0 Å². The second kappa shape index (κ2) is 9.35. The van der Waals surface area contributed by atoms with Gasteiger partial charge in [0.2, 0.25) is 26.0 Å². The normalized spacial score (nSPS) is 16.5. The lowest BCUT2D eigenvalue weighted by Gasteiger charge is -2.28. The highest BCUT2D eigenvalue weighted by molar-refractivity contribution is 7.92. The maximum absolute atomic E-state index is 12.7. The standard InChI is InChI=1S/C20H25N3O6S2/c1-16(23(30(2,25)26)18-6-4-3-5-7-18)20(24)21-17-8-10-19(11-9-17)31(27,28)22-12-14-29-15-13-22/h3-11,16H,12-15H2,1-2H3,(H,21,24)/t16-/m0/s1. The molecule has 2 aromatic carbocycles. The molecule has 0 radical (unpaired) electrons. The number of benzene rings is 2. The van der Waals surface area contributed by atoms with E-state index in [4.69, 9.17) is 4.74 Å². The number of amides is 1. The lowest BCUT2D eigenvalue weighted by atomic mass is 10.2. The maximum atomic E-state index is 12.7. The van der Waals surface area contributed by atoms with Crippen LogP contribution in [-0.2, 0) is 29.6 Å². The third-order valence-electron chi connectivity index (χ3n) is 4.83. The summed E-state index contributed by atoms with van der Waals surface area (Å²) in [6, 6.07) is 13.1. The van der Waals surface area contributed by atoms with Gasteiger partial charge in [-0.15, -0.1) is 0 Å². The Labute approximate surface area is 182 Å². The number of nitrogens with one attached hydrogen (secondary N) is 1. The third-order valence-corrected chi connectivity index (χ3v) is 7.98. The van der Waals surface area contributed by atoms with E-state index in [0.717, 1.165) is 10.6 Å². The summed E-state index contributed by atoms with van der Waals surface area (Å²) in [5, 5.41) is 2.65. The molecule has 3 rings (SSSR count). The lowest BCUT2D eigenvalue weighted by molar-refractivity contribution is -0.116. The van der Waals surface area contributed by atoms with Crippen LogP contribution < -0.4 is 9.62 Å². The van der Waals surface area contributed by atoms with Crippen LogP contribution in [0.1, 0.15) is 6.92 Å². The van der Waals surface area contributed by atoms with E-state index < -0.39 is 32.0 Å². The first kappa shape index (κ1) is 23.2. The molecule has 0 unspecified atom stereocenters. The van der Waals surface area contributed by atoms with Gasteiger partial charge in [0, 0.05) is 18.8 Å². The lowest BCUT2D eigenvalue weighted by Crippen LogP contribution is -2.45. The first-order valence-corrected chi connectivity index (χ1v) is 12.9. The van der Waals surface area contributed by atoms with Gasteiger partial charge in [-0.2, -0.15) is 4.31 Å². The number of hydrogen-bond donors (Lipinski definition) is 1. The number of nitrogens with zero attached hydrogens (tertiary/aromatic N) is 2. The Hall–Kier alpha value is -2.47. The number of para-hydroxylation sites is 1. The summed E-state index contributed by atoms with van der Waals surface area (Å²) >= 11 is 0. The van der Waals surface area contributed by atoms with E-state index in [-0.39, 0.29) is 4.90 Å². The zero-order valence-corrected chi connectivity index (χ0v) is 18.9. The molecule has 11 heteroatoms. The molecule has 168 valence electrons. The van der Waals surface area contributed by atoms with E-state index in [1.807, 2.05) is 0 Å². The number of anilines is 2. The van der Waals surface area contributed by atoms with Crippen molar-refractivity contribution in [3.8, 4) is 0 Å². The van der Waals surface area contributed by atoms with Crippen molar-refractivity contribution in [2.75, 3.05) is 42.2 Å². The molecule has 0 bridgehead atoms. The number of rotatable bonds is 7. The highest BCUT2D eigenvalue weighted by Crippen LogP contribution is 2.22. The molecular weight excluding hydrogens is 442 g/mol. The van der Waals surface area contributed by atoms with Gasteiger partial charge in [-0.1, -0.05) is 18.2 Å². The van der Waals surface area contributed by atoms with Crippen LogP contribution in [0.2, 0.25) is 0 Å². The number of carbonyl (C=O) groups excluding carboxylic acids is 1. The molecule has 0 spiro atoms. The molecule has 0 aromatic heterocycles. The minimum atomic E-state index is -3.72. The first-order chi connectivity index (χ1) is 14.6. The van der Waals surface area contributed by atoms with Crippen LogP contribution in [0.15, 0.2) is 59.5 Å². The van der Waals surface area contributed by atoms with E-state index in [0.29, 0.717) is 37.7 Å². The second-order valence-electron chi connectivity index (χ2n) is 7.10. The minimum Gasteiger partial charge on any atom is -0.379 e. The van der Waals surface area contributed by atoms with Gasteiger partial charge in [0.15, 0.2) is 0 Å². The fraction of sp³-hybridized carbons (Fsp3) is 0.350. The summed E-state index contributed by atoms with van der Waals surface area (Å²) in [6.07, 6.45) is 1.04. The Morgan fingerprint density at radius 1 is 1.00 bits per heavy atom. The van der Waals surface area contributed by atoms with Crippen LogP contribution in [-0.4, -0.2) is 65.6 Å². The van der Waals surface area contributed by atoms with Crippen molar-refractivity contribution >= 4 is 37.3 Å². The fourth-order valence-electron chi connectivity index (χ4n) is 3.28. The maximum Gasteiger partial charge on any atom is 0.247 e. The average Bonchev–Trinajstić information content (AvgIpc) is 2.74. The summed E-state index contributed by atoms with van der Waals surface area (Å²) < 4.78 is 57.6. The van der Waals surface area contributed by atoms with E-state index in [2.05, 4.69) is 5.32 Å². The van der Waals surface area contributed by atoms with Gasteiger partial charge in [0.1, 0.15) is 6.04 Å². The van der Waals surface area contributed by atoms with E-state index in [9.17, 15) is 21.6 Å². The zero-order chi connectivity index (χ0) is 22.6. The largest absolute Gasteiger partial charge is 0.379 e. The molecule has 1 saturated heterocycles. The summed E-state index contributed by atoms with van der Waals surface area (Å²) in [4.78, 5) is 12.9. The second-order valence-corrected chi connectivity index (χ2v) is 10.9.